The van der Waals surface area contributed by atoms with Gasteiger partial charge in [0.2, 0.25) is 0 Å². The zero-order valence-corrected chi connectivity index (χ0v) is 11.7. The highest BCUT2D eigenvalue weighted by Gasteiger charge is 2.12. The Morgan fingerprint density at radius 2 is 1.95 bits per heavy atom. The molecule has 0 saturated heterocycles. The van der Waals surface area contributed by atoms with Crippen molar-refractivity contribution < 1.29 is 9.18 Å². The van der Waals surface area contributed by atoms with E-state index in [1.807, 2.05) is 0 Å². The lowest BCUT2D eigenvalue weighted by atomic mass is 10.0. The predicted molar refractivity (Wildman–Crippen MR) is 75.5 cm³/mol. The molecule has 1 rings (SSSR count). The molecule has 0 saturated carbocycles. The molecule has 0 radical (unpaired) electrons. The summed E-state index contributed by atoms with van der Waals surface area (Å²) >= 11 is 0. The molecular formula is C14H22FN3O. The van der Waals surface area contributed by atoms with Gasteiger partial charge in [-0.2, -0.15) is 0 Å². The zero-order valence-electron chi connectivity index (χ0n) is 11.7. The van der Waals surface area contributed by atoms with Crippen molar-refractivity contribution in [1.82, 2.24) is 4.90 Å². The molecule has 0 heterocycles. The topological polar surface area (TPSA) is 58.4 Å². The fourth-order valence-electron chi connectivity index (χ4n) is 1.53. The number of nitrogens with two attached hydrogens (primary N) is 1. The summed E-state index contributed by atoms with van der Waals surface area (Å²) in [7, 11) is 1.71. The minimum absolute atomic E-state index is 0.0843. The van der Waals surface area contributed by atoms with Gasteiger partial charge in [-0.05, 0) is 36.6 Å². The molecule has 106 valence electrons. The van der Waals surface area contributed by atoms with Crippen LogP contribution in [0, 0.1) is 11.7 Å². The maximum atomic E-state index is 12.7. The third kappa shape index (κ3) is 5.26. The second kappa shape index (κ2) is 7.09. The lowest BCUT2D eigenvalue weighted by Crippen LogP contribution is -2.36. The average molecular weight is 267 g/mol. The molecule has 0 aliphatic carbocycles. The van der Waals surface area contributed by atoms with Crippen molar-refractivity contribution in [3.8, 4) is 0 Å². The van der Waals surface area contributed by atoms with E-state index >= 15 is 0 Å². The van der Waals surface area contributed by atoms with Gasteiger partial charge in [0, 0.05) is 25.3 Å². The third-order valence-electron chi connectivity index (χ3n) is 3.10. The van der Waals surface area contributed by atoms with Gasteiger partial charge in [-0.25, -0.2) is 9.18 Å². The number of carbonyl (C=O) groups excluding carboxylic acids is 1. The van der Waals surface area contributed by atoms with E-state index < -0.39 is 0 Å². The van der Waals surface area contributed by atoms with Gasteiger partial charge in [0.1, 0.15) is 5.82 Å². The lowest BCUT2D eigenvalue weighted by molar-refractivity contribution is 0.219. The summed E-state index contributed by atoms with van der Waals surface area (Å²) < 4.78 is 12.7. The Morgan fingerprint density at radius 3 is 2.47 bits per heavy atom. The minimum atomic E-state index is -0.325. The number of benzene rings is 1. The molecule has 1 unspecified atom stereocenters. The summed E-state index contributed by atoms with van der Waals surface area (Å²) in [5, 5.41) is 2.70. The van der Waals surface area contributed by atoms with Crippen LogP contribution in [0.25, 0.3) is 0 Å². The van der Waals surface area contributed by atoms with Crippen molar-refractivity contribution in [2.75, 3.05) is 18.9 Å². The number of halogens is 1. The van der Waals surface area contributed by atoms with Crippen molar-refractivity contribution in [2.24, 2.45) is 11.7 Å². The molecule has 1 aromatic rings. The highest BCUT2D eigenvalue weighted by molar-refractivity contribution is 5.89. The molecule has 1 aromatic carbocycles. The van der Waals surface area contributed by atoms with Crippen molar-refractivity contribution in [2.45, 2.75) is 26.3 Å². The lowest BCUT2D eigenvalue weighted by Gasteiger charge is -2.21. The van der Waals surface area contributed by atoms with Gasteiger partial charge in [-0.15, -0.1) is 0 Å². The maximum Gasteiger partial charge on any atom is 0.321 e. The van der Waals surface area contributed by atoms with E-state index in [4.69, 9.17) is 5.73 Å². The fraction of sp³-hybridized carbons (Fsp3) is 0.500. The van der Waals surface area contributed by atoms with Crippen LogP contribution >= 0.6 is 0 Å². The summed E-state index contributed by atoms with van der Waals surface area (Å²) in [6.45, 7) is 4.71. The molecule has 4 nitrogen and oxygen atoms in total. The highest BCUT2D eigenvalue weighted by atomic mass is 19.1. The van der Waals surface area contributed by atoms with Gasteiger partial charge < -0.3 is 16.0 Å². The number of carbonyl (C=O) groups is 1. The van der Waals surface area contributed by atoms with Gasteiger partial charge in [0.25, 0.3) is 0 Å². The standard InChI is InChI=1S/C14H22FN3O/c1-10(2)13(16)8-9-18(3)14(19)17-12-6-4-11(15)5-7-12/h4-7,10,13H,8-9,16H2,1-3H3,(H,17,19). The first kappa shape index (κ1) is 15.4. The second-order valence-corrected chi connectivity index (χ2v) is 5.06. The Hall–Kier alpha value is -1.62. The predicted octanol–water partition coefficient (Wildman–Crippen LogP) is 2.66. The second-order valence-electron chi connectivity index (χ2n) is 5.06. The molecule has 0 spiro atoms. The van der Waals surface area contributed by atoms with Gasteiger partial charge in [-0.1, -0.05) is 13.8 Å². The van der Waals surface area contributed by atoms with Crippen LogP contribution in [0.2, 0.25) is 0 Å². The Morgan fingerprint density at radius 1 is 1.37 bits per heavy atom. The monoisotopic (exact) mass is 267 g/mol. The maximum absolute atomic E-state index is 12.7. The van der Waals surface area contributed by atoms with Gasteiger partial charge in [-0.3, -0.25) is 0 Å². The first-order valence-corrected chi connectivity index (χ1v) is 6.43. The van der Waals surface area contributed by atoms with E-state index in [1.165, 1.54) is 24.3 Å². The van der Waals surface area contributed by atoms with Crippen LogP contribution in [0.4, 0.5) is 14.9 Å². The number of amides is 2. The number of rotatable bonds is 5. The van der Waals surface area contributed by atoms with Crippen LogP contribution in [-0.2, 0) is 0 Å². The van der Waals surface area contributed by atoms with E-state index in [-0.39, 0.29) is 17.9 Å². The van der Waals surface area contributed by atoms with Crippen LogP contribution in [0.3, 0.4) is 0 Å². The summed E-state index contributed by atoms with van der Waals surface area (Å²) in [6, 6.07) is 5.54. The first-order chi connectivity index (χ1) is 8.90. The molecular weight excluding hydrogens is 245 g/mol. The quantitative estimate of drug-likeness (QED) is 0.861. The van der Waals surface area contributed by atoms with Crippen molar-refractivity contribution in [3.63, 3.8) is 0 Å². The van der Waals surface area contributed by atoms with Gasteiger partial charge >= 0.3 is 6.03 Å². The SMILES string of the molecule is CC(C)C(N)CCN(C)C(=O)Nc1ccc(F)cc1. The molecule has 3 N–H and O–H groups in total. The van der Waals surface area contributed by atoms with Gasteiger partial charge in [0.15, 0.2) is 0 Å². The molecule has 19 heavy (non-hydrogen) atoms. The number of hydrogen-bond donors (Lipinski definition) is 2. The number of nitrogens with zero attached hydrogens (tertiary/aromatic N) is 1. The summed E-state index contributed by atoms with van der Waals surface area (Å²) in [6.07, 6.45) is 0.755. The van der Waals surface area contributed by atoms with Crippen LogP contribution in [0.15, 0.2) is 24.3 Å². The molecule has 0 bridgehead atoms. The normalized spacial score (nSPS) is 12.3. The Balaban J connectivity index is 2.42. The average Bonchev–Trinajstić information content (AvgIpc) is 2.37. The van der Waals surface area contributed by atoms with E-state index in [0.29, 0.717) is 18.2 Å². The fourth-order valence-corrected chi connectivity index (χ4v) is 1.53. The highest BCUT2D eigenvalue weighted by Crippen LogP contribution is 2.09. The molecule has 0 fully saturated rings. The number of hydrogen-bond acceptors (Lipinski definition) is 2. The van der Waals surface area contributed by atoms with E-state index in [1.54, 1.807) is 11.9 Å². The van der Waals surface area contributed by atoms with Crippen molar-refractivity contribution in [1.29, 1.82) is 0 Å². The molecule has 0 aliphatic rings. The molecule has 1 atom stereocenters. The molecule has 0 aromatic heterocycles. The number of anilines is 1. The summed E-state index contributed by atoms with van der Waals surface area (Å²) in [4.78, 5) is 13.4. The van der Waals surface area contributed by atoms with Crippen LogP contribution in [0.5, 0.6) is 0 Å². The van der Waals surface area contributed by atoms with Crippen LogP contribution in [0.1, 0.15) is 20.3 Å². The Bertz CT molecular complexity index is 406. The van der Waals surface area contributed by atoms with Gasteiger partial charge in [0.05, 0.1) is 0 Å². The molecule has 5 heteroatoms. The van der Waals surface area contributed by atoms with Crippen LogP contribution in [-0.4, -0.2) is 30.6 Å². The molecule has 2 amide bonds. The third-order valence-corrected chi connectivity index (χ3v) is 3.10. The van der Waals surface area contributed by atoms with Crippen molar-refractivity contribution >= 4 is 11.7 Å². The Labute approximate surface area is 113 Å². The van der Waals surface area contributed by atoms with E-state index in [9.17, 15) is 9.18 Å². The minimum Gasteiger partial charge on any atom is -0.328 e. The summed E-state index contributed by atoms with van der Waals surface area (Å²) in [5.41, 5.74) is 6.51. The van der Waals surface area contributed by atoms with E-state index in [0.717, 1.165) is 6.42 Å². The Kier molecular flexibility index (Phi) is 5.76. The number of urea groups is 1. The summed E-state index contributed by atoms with van der Waals surface area (Å²) in [5.74, 6) is 0.0721. The smallest absolute Gasteiger partial charge is 0.321 e. The first-order valence-electron chi connectivity index (χ1n) is 6.43. The van der Waals surface area contributed by atoms with Crippen LogP contribution < -0.4 is 11.1 Å². The number of nitrogens with one attached hydrogen (secondary N) is 1. The van der Waals surface area contributed by atoms with Crippen molar-refractivity contribution in [3.05, 3.63) is 30.1 Å². The molecule has 0 aliphatic heterocycles. The largest absolute Gasteiger partial charge is 0.328 e. The van der Waals surface area contributed by atoms with E-state index in [2.05, 4.69) is 19.2 Å². The zero-order chi connectivity index (χ0) is 14.4.